The summed E-state index contributed by atoms with van der Waals surface area (Å²) < 4.78 is 0. The summed E-state index contributed by atoms with van der Waals surface area (Å²) in [5.41, 5.74) is 7.25. The van der Waals surface area contributed by atoms with Crippen LogP contribution in [-0.4, -0.2) is 17.7 Å². The van der Waals surface area contributed by atoms with E-state index in [-0.39, 0.29) is 0 Å². The first-order valence-electron chi connectivity index (χ1n) is 5.91. The molecule has 0 aliphatic heterocycles. The quantitative estimate of drug-likeness (QED) is 0.682. The van der Waals surface area contributed by atoms with Crippen LogP contribution in [0.2, 0.25) is 0 Å². The number of hydrogen-bond acceptors (Lipinski definition) is 4. The molecule has 1 aliphatic rings. The predicted molar refractivity (Wildman–Crippen MR) is 66.2 cm³/mol. The van der Waals surface area contributed by atoms with Gasteiger partial charge >= 0.3 is 0 Å². The lowest BCUT2D eigenvalue weighted by atomic mass is 9.93. The molecule has 1 saturated carbocycles. The molecular weight excluding hydrogens is 214 g/mol. The van der Waals surface area contributed by atoms with Crippen molar-refractivity contribution in [1.29, 1.82) is 5.26 Å². The number of aliphatic hydroxyl groups is 1. The lowest BCUT2D eigenvalue weighted by molar-refractivity contribution is 0.161. The Morgan fingerprint density at radius 3 is 2.88 bits per heavy atom. The Hall–Kier alpha value is -1.57. The fraction of sp³-hybridized carbons (Fsp3) is 0.462. The smallest absolute Gasteiger partial charge is 0.101 e. The van der Waals surface area contributed by atoms with Crippen LogP contribution in [-0.2, 0) is 0 Å². The predicted octanol–water partition coefficient (Wildman–Crippen LogP) is 1.32. The zero-order valence-electron chi connectivity index (χ0n) is 9.69. The third-order valence-electron chi connectivity index (χ3n) is 3.29. The first-order valence-corrected chi connectivity index (χ1v) is 5.91. The fourth-order valence-corrected chi connectivity index (χ4v) is 1.89. The van der Waals surface area contributed by atoms with Gasteiger partial charge in [0, 0.05) is 18.3 Å². The summed E-state index contributed by atoms with van der Waals surface area (Å²) in [6.45, 7) is 0.527. The molecule has 1 aromatic rings. The van der Waals surface area contributed by atoms with Gasteiger partial charge in [0.2, 0.25) is 0 Å². The summed E-state index contributed by atoms with van der Waals surface area (Å²) in [6.07, 6.45) is 3.08. The van der Waals surface area contributed by atoms with E-state index in [4.69, 9.17) is 11.0 Å². The van der Waals surface area contributed by atoms with E-state index in [1.165, 1.54) is 19.3 Å². The van der Waals surface area contributed by atoms with Crippen LogP contribution in [0.25, 0.3) is 0 Å². The lowest BCUT2D eigenvalue weighted by Crippen LogP contribution is -2.37. The number of nitrogens with one attached hydrogen (secondary N) is 1. The van der Waals surface area contributed by atoms with Gasteiger partial charge < -0.3 is 16.2 Å². The van der Waals surface area contributed by atoms with Crippen molar-refractivity contribution < 1.29 is 5.11 Å². The van der Waals surface area contributed by atoms with E-state index in [1.54, 1.807) is 18.2 Å². The van der Waals surface area contributed by atoms with Crippen LogP contribution in [0.1, 0.15) is 36.5 Å². The third-order valence-corrected chi connectivity index (χ3v) is 3.29. The minimum absolute atomic E-state index is 0.421. The fourth-order valence-electron chi connectivity index (χ4n) is 1.89. The Morgan fingerprint density at radius 2 is 2.29 bits per heavy atom. The molecule has 90 valence electrons. The molecule has 0 spiro atoms. The molecule has 0 radical (unpaired) electrons. The summed E-state index contributed by atoms with van der Waals surface area (Å²) in [4.78, 5) is 0. The van der Waals surface area contributed by atoms with Gasteiger partial charge in [-0.2, -0.15) is 5.26 Å². The Balaban J connectivity index is 1.98. The molecule has 0 heterocycles. The molecule has 1 fully saturated rings. The first-order chi connectivity index (χ1) is 8.20. The molecule has 4 nitrogen and oxygen atoms in total. The number of hydrogen-bond donors (Lipinski definition) is 3. The van der Waals surface area contributed by atoms with Crippen LogP contribution in [0.15, 0.2) is 18.2 Å². The van der Waals surface area contributed by atoms with Gasteiger partial charge in [0.05, 0.1) is 11.7 Å². The Bertz CT molecular complexity index is 435. The summed E-state index contributed by atoms with van der Waals surface area (Å²) in [7, 11) is 0. The van der Waals surface area contributed by atoms with E-state index >= 15 is 0 Å². The van der Waals surface area contributed by atoms with E-state index in [0.29, 0.717) is 23.8 Å². The zero-order chi connectivity index (χ0) is 12.3. The highest BCUT2D eigenvalue weighted by Gasteiger charge is 2.18. The molecule has 1 aliphatic carbocycles. The molecule has 0 saturated heterocycles. The molecule has 0 bridgehead atoms. The molecule has 1 aromatic carbocycles. The van der Waals surface area contributed by atoms with Crippen LogP contribution >= 0.6 is 0 Å². The van der Waals surface area contributed by atoms with Gasteiger partial charge in [0.25, 0.3) is 0 Å². The van der Waals surface area contributed by atoms with Crippen LogP contribution in [0.5, 0.6) is 0 Å². The van der Waals surface area contributed by atoms with Crippen LogP contribution in [0, 0.1) is 11.3 Å². The second-order valence-corrected chi connectivity index (χ2v) is 4.51. The van der Waals surface area contributed by atoms with Crippen molar-refractivity contribution in [1.82, 2.24) is 5.32 Å². The molecule has 4 heteroatoms. The van der Waals surface area contributed by atoms with Crippen molar-refractivity contribution in [2.24, 2.45) is 0 Å². The average molecular weight is 231 g/mol. The monoisotopic (exact) mass is 231 g/mol. The number of nitrogen functional groups attached to an aromatic ring is 1. The molecule has 1 atom stereocenters. The number of nitrogens with two attached hydrogens (primary N) is 1. The van der Waals surface area contributed by atoms with E-state index in [2.05, 4.69) is 5.32 Å². The van der Waals surface area contributed by atoms with Gasteiger partial charge in [-0.25, -0.2) is 0 Å². The summed E-state index contributed by atoms with van der Waals surface area (Å²) in [5, 5.41) is 22.2. The molecule has 2 rings (SSSR count). The van der Waals surface area contributed by atoms with Gasteiger partial charge in [-0.3, -0.25) is 0 Å². The van der Waals surface area contributed by atoms with Gasteiger partial charge in [-0.1, -0.05) is 12.5 Å². The molecular formula is C13H17N3O. The molecule has 4 N–H and O–H groups in total. The molecule has 0 aromatic heterocycles. The maximum atomic E-state index is 9.99. The number of aliphatic hydroxyl groups excluding tert-OH is 1. The minimum Gasteiger partial charge on any atom is -0.398 e. The van der Waals surface area contributed by atoms with Gasteiger partial charge in [0.15, 0.2) is 0 Å². The van der Waals surface area contributed by atoms with Crippen LogP contribution < -0.4 is 11.1 Å². The molecule has 1 unspecified atom stereocenters. The number of benzene rings is 1. The number of nitriles is 1. The van der Waals surface area contributed by atoms with Crippen molar-refractivity contribution in [3.8, 4) is 6.07 Å². The number of anilines is 1. The van der Waals surface area contributed by atoms with Crippen molar-refractivity contribution in [3.63, 3.8) is 0 Å². The lowest BCUT2D eigenvalue weighted by Gasteiger charge is -2.27. The van der Waals surface area contributed by atoms with Crippen LogP contribution in [0.4, 0.5) is 5.69 Å². The molecule has 17 heavy (non-hydrogen) atoms. The van der Waals surface area contributed by atoms with E-state index in [9.17, 15) is 5.11 Å². The summed E-state index contributed by atoms with van der Waals surface area (Å²) in [6, 6.07) is 7.66. The zero-order valence-corrected chi connectivity index (χ0v) is 9.69. The van der Waals surface area contributed by atoms with Gasteiger partial charge in [0.1, 0.15) is 6.07 Å². The number of rotatable bonds is 4. The normalized spacial score (nSPS) is 17.2. The van der Waals surface area contributed by atoms with E-state index in [1.807, 2.05) is 6.07 Å². The Labute approximate surface area is 101 Å². The van der Waals surface area contributed by atoms with Crippen molar-refractivity contribution in [3.05, 3.63) is 29.3 Å². The first kappa shape index (κ1) is 11.9. The standard InChI is InChI=1S/C13H17N3O/c14-7-10-6-9(4-5-12(10)15)13(17)8-16-11-2-1-3-11/h4-6,11,13,16-17H,1-3,8,15H2. The van der Waals surface area contributed by atoms with Crippen LogP contribution in [0.3, 0.4) is 0 Å². The second kappa shape index (κ2) is 5.17. The Morgan fingerprint density at radius 1 is 1.53 bits per heavy atom. The van der Waals surface area contributed by atoms with Gasteiger partial charge in [-0.05, 0) is 30.5 Å². The van der Waals surface area contributed by atoms with Crippen molar-refractivity contribution in [2.45, 2.75) is 31.4 Å². The Kier molecular flexibility index (Phi) is 3.62. The number of nitrogens with zero attached hydrogens (tertiary/aromatic N) is 1. The highest BCUT2D eigenvalue weighted by atomic mass is 16.3. The SMILES string of the molecule is N#Cc1cc(C(O)CNC2CCC2)ccc1N. The highest BCUT2D eigenvalue weighted by molar-refractivity contribution is 5.55. The second-order valence-electron chi connectivity index (χ2n) is 4.51. The largest absolute Gasteiger partial charge is 0.398 e. The highest BCUT2D eigenvalue weighted by Crippen LogP contribution is 2.21. The maximum absolute atomic E-state index is 9.99. The topological polar surface area (TPSA) is 82.1 Å². The summed E-state index contributed by atoms with van der Waals surface area (Å²) >= 11 is 0. The van der Waals surface area contributed by atoms with Gasteiger partial charge in [-0.15, -0.1) is 0 Å². The maximum Gasteiger partial charge on any atom is 0.101 e. The van der Waals surface area contributed by atoms with Crippen molar-refractivity contribution in [2.75, 3.05) is 12.3 Å². The van der Waals surface area contributed by atoms with E-state index < -0.39 is 6.10 Å². The molecule has 0 amide bonds. The minimum atomic E-state index is -0.580. The van der Waals surface area contributed by atoms with E-state index in [0.717, 1.165) is 5.56 Å². The summed E-state index contributed by atoms with van der Waals surface area (Å²) in [5.74, 6) is 0. The third kappa shape index (κ3) is 2.76. The average Bonchev–Trinajstić information content (AvgIpc) is 2.27. The van der Waals surface area contributed by atoms with Crippen molar-refractivity contribution >= 4 is 5.69 Å².